The van der Waals surface area contributed by atoms with Crippen LogP contribution in [0.1, 0.15) is 16.8 Å². The van der Waals surface area contributed by atoms with E-state index >= 15 is 0 Å². The second kappa shape index (κ2) is 4.35. The highest BCUT2D eigenvalue weighted by molar-refractivity contribution is 5.97. The largest absolute Gasteiger partial charge is 0.467 e. The van der Waals surface area contributed by atoms with E-state index in [0.717, 1.165) is 19.5 Å². The Labute approximate surface area is 87.9 Å². The number of ether oxygens (including phenoxy) is 1. The average Bonchev–Trinajstić information content (AvgIpc) is 2.82. The van der Waals surface area contributed by atoms with Crippen molar-refractivity contribution in [3.63, 3.8) is 0 Å². The predicted octanol–water partition coefficient (Wildman–Crippen LogP) is 0.277. The van der Waals surface area contributed by atoms with Crippen molar-refractivity contribution in [1.29, 1.82) is 0 Å². The summed E-state index contributed by atoms with van der Waals surface area (Å²) in [6.45, 7) is 1.66. The van der Waals surface area contributed by atoms with Gasteiger partial charge in [0, 0.05) is 24.9 Å². The number of Topliss-reactive ketones (excluding diaryl/α,β-unsaturated/α-hetero) is 1. The molecule has 1 unspecified atom stereocenters. The van der Waals surface area contributed by atoms with E-state index in [-0.39, 0.29) is 17.7 Å². The lowest BCUT2D eigenvalue weighted by Gasteiger charge is -2.06. The molecule has 1 aliphatic heterocycles. The Morgan fingerprint density at radius 1 is 1.53 bits per heavy atom. The second-order valence-electron chi connectivity index (χ2n) is 3.51. The van der Waals surface area contributed by atoms with Crippen LogP contribution in [-0.2, 0) is 0 Å². The summed E-state index contributed by atoms with van der Waals surface area (Å²) in [5.74, 6) is 0.185. The minimum atomic E-state index is 0.0713. The number of rotatable bonds is 3. The summed E-state index contributed by atoms with van der Waals surface area (Å²) in [4.78, 5) is 19.7. The van der Waals surface area contributed by atoms with Gasteiger partial charge in [-0.3, -0.25) is 4.79 Å². The van der Waals surface area contributed by atoms with E-state index in [4.69, 9.17) is 4.74 Å². The summed E-state index contributed by atoms with van der Waals surface area (Å²) in [5, 5.41) is 3.16. The molecule has 0 spiro atoms. The molecule has 5 nitrogen and oxygen atoms in total. The van der Waals surface area contributed by atoms with Gasteiger partial charge in [0.2, 0.25) is 0 Å². The lowest BCUT2D eigenvalue weighted by atomic mass is 9.99. The molecule has 1 aromatic heterocycles. The highest BCUT2D eigenvalue weighted by Crippen LogP contribution is 2.14. The van der Waals surface area contributed by atoms with Crippen molar-refractivity contribution >= 4 is 5.78 Å². The maximum atomic E-state index is 11.9. The lowest BCUT2D eigenvalue weighted by molar-refractivity contribution is 0.0929. The van der Waals surface area contributed by atoms with Gasteiger partial charge in [-0.25, -0.2) is 9.97 Å². The summed E-state index contributed by atoms with van der Waals surface area (Å²) in [7, 11) is 1.50. The van der Waals surface area contributed by atoms with E-state index in [1.54, 1.807) is 0 Å². The van der Waals surface area contributed by atoms with E-state index < -0.39 is 0 Å². The number of hydrogen-bond donors (Lipinski definition) is 1. The summed E-state index contributed by atoms with van der Waals surface area (Å²) in [5.41, 5.74) is 0.560. The minimum Gasteiger partial charge on any atom is -0.467 e. The van der Waals surface area contributed by atoms with Crippen molar-refractivity contribution < 1.29 is 9.53 Å². The third kappa shape index (κ3) is 2.12. The third-order valence-electron chi connectivity index (χ3n) is 2.53. The van der Waals surface area contributed by atoms with Gasteiger partial charge in [-0.05, 0) is 13.0 Å². The zero-order valence-electron chi connectivity index (χ0n) is 8.56. The Balaban J connectivity index is 2.11. The smallest absolute Gasteiger partial charge is 0.316 e. The van der Waals surface area contributed by atoms with Gasteiger partial charge < -0.3 is 10.1 Å². The van der Waals surface area contributed by atoms with Gasteiger partial charge >= 0.3 is 6.01 Å². The van der Waals surface area contributed by atoms with Gasteiger partial charge in [-0.15, -0.1) is 0 Å². The molecule has 2 rings (SSSR count). The van der Waals surface area contributed by atoms with Crippen LogP contribution >= 0.6 is 0 Å². The zero-order valence-corrected chi connectivity index (χ0v) is 8.56. The minimum absolute atomic E-state index is 0.0713. The number of ketones is 1. The Morgan fingerprint density at radius 3 is 2.80 bits per heavy atom. The number of aromatic nitrogens is 2. The molecule has 0 amide bonds. The Morgan fingerprint density at radius 2 is 2.27 bits per heavy atom. The quantitative estimate of drug-likeness (QED) is 0.721. The fourth-order valence-corrected chi connectivity index (χ4v) is 1.66. The van der Waals surface area contributed by atoms with E-state index in [1.807, 2.05) is 0 Å². The van der Waals surface area contributed by atoms with Crippen LogP contribution < -0.4 is 10.1 Å². The first-order chi connectivity index (χ1) is 7.31. The number of carbonyl (C=O) groups is 1. The van der Waals surface area contributed by atoms with Crippen molar-refractivity contribution in [2.75, 3.05) is 20.2 Å². The predicted molar refractivity (Wildman–Crippen MR) is 53.9 cm³/mol. The molecule has 0 aromatic carbocycles. The molecule has 1 saturated heterocycles. The summed E-state index contributed by atoms with van der Waals surface area (Å²) >= 11 is 0. The number of nitrogens with one attached hydrogen (secondary N) is 1. The van der Waals surface area contributed by atoms with E-state index in [9.17, 15) is 4.79 Å². The third-order valence-corrected chi connectivity index (χ3v) is 2.53. The number of hydrogen-bond acceptors (Lipinski definition) is 5. The summed E-state index contributed by atoms with van der Waals surface area (Å²) < 4.78 is 4.83. The van der Waals surface area contributed by atoms with Crippen LogP contribution in [0.4, 0.5) is 0 Å². The molecule has 0 bridgehead atoms. The highest BCUT2D eigenvalue weighted by Gasteiger charge is 2.23. The first-order valence-electron chi connectivity index (χ1n) is 4.92. The molecule has 0 saturated carbocycles. The number of carbonyl (C=O) groups excluding carboxylic acids is 1. The Hall–Kier alpha value is -1.49. The van der Waals surface area contributed by atoms with Crippen LogP contribution in [0.3, 0.4) is 0 Å². The van der Waals surface area contributed by atoms with Crippen LogP contribution in [0.5, 0.6) is 6.01 Å². The molecule has 80 valence electrons. The monoisotopic (exact) mass is 207 g/mol. The van der Waals surface area contributed by atoms with Crippen molar-refractivity contribution in [3.8, 4) is 6.01 Å². The molecule has 1 N–H and O–H groups in total. The van der Waals surface area contributed by atoms with E-state index in [0.29, 0.717) is 5.56 Å². The zero-order chi connectivity index (χ0) is 10.7. The Bertz CT molecular complexity index is 344. The van der Waals surface area contributed by atoms with Crippen molar-refractivity contribution in [1.82, 2.24) is 15.3 Å². The molecule has 1 atom stereocenters. The molecular weight excluding hydrogens is 194 g/mol. The van der Waals surface area contributed by atoms with Crippen LogP contribution in [0, 0.1) is 5.92 Å². The SMILES string of the molecule is COc1ncc(C(=O)C2CCNC2)cn1. The lowest BCUT2D eigenvalue weighted by Crippen LogP contribution is -2.18. The van der Waals surface area contributed by atoms with Gasteiger partial charge in [0.15, 0.2) is 5.78 Å². The number of methoxy groups -OCH3 is 1. The van der Waals surface area contributed by atoms with Crippen molar-refractivity contribution in [2.24, 2.45) is 5.92 Å². The topological polar surface area (TPSA) is 64.1 Å². The van der Waals surface area contributed by atoms with Crippen molar-refractivity contribution in [3.05, 3.63) is 18.0 Å². The maximum absolute atomic E-state index is 11.9. The average molecular weight is 207 g/mol. The van der Waals surface area contributed by atoms with Crippen molar-refractivity contribution in [2.45, 2.75) is 6.42 Å². The molecule has 1 aliphatic rings. The second-order valence-corrected chi connectivity index (χ2v) is 3.51. The number of nitrogens with zero attached hydrogens (tertiary/aromatic N) is 2. The molecule has 1 fully saturated rings. The molecular formula is C10H13N3O2. The van der Waals surface area contributed by atoms with Gasteiger partial charge in [0.05, 0.1) is 12.7 Å². The standard InChI is InChI=1S/C10H13N3O2/c1-15-10-12-5-8(6-13-10)9(14)7-2-3-11-4-7/h5-7,11H,2-4H2,1H3. The molecule has 1 aromatic rings. The van der Waals surface area contributed by atoms with E-state index in [2.05, 4.69) is 15.3 Å². The van der Waals surface area contributed by atoms with Crippen LogP contribution in [0.25, 0.3) is 0 Å². The summed E-state index contributed by atoms with van der Waals surface area (Å²) in [6, 6.07) is 0.288. The highest BCUT2D eigenvalue weighted by atomic mass is 16.5. The molecule has 5 heteroatoms. The van der Waals surface area contributed by atoms with Crippen LogP contribution in [0.2, 0.25) is 0 Å². The Kier molecular flexibility index (Phi) is 2.91. The van der Waals surface area contributed by atoms with E-state index in [1.165, 1.54) is 19.5 Å². The maximum Gasteiger partial charge on any atom is 0.316 e. The summed E-state index contributed by atoms with van der Waals surface area (Å²) in [6.07, 6.45) is 3.93. The fourth-order valence-electron chi connectivity index (χ4n) is 1.66. The normalized spacial score (nSPS) is 20.2. The van der Waals surface area contributed by atoms with Crippen LogP contribution in [-0.4, -0.2) is 36.0 Å². The van der Waals surface area contributed by atoms with Gasteiger partial charge in [0.1, 0.15) is 0 Å². The van der Waals surface area contributed by atoms with Gasteiger partial charge in [0.25, 0.3) is 0 Å². The first-order valence-corrected chi connectivity index (χ1v) is 4.92. The van der Waals surface area contributed by atoms with Crippen LogP contribution in [0.15, 0.2) is 12.4 Å². The van der Waals surface area contributed by atoms with Gasteiger partial charge in [-0.2, -0.15) is 0 Å². The first kappa shape index (κ1) is 10.0. The molecule has 0 aliphatic carbocycles. The molecule has 0 radical (unpaired) electrons. The fraction of sp³-hybridized carbons (Fsp3) is 0.500. The molecule has 15 heavy (non-hydrogen) atoms. The van der Waals surface area contributed by atoms with Gasteiger partial charge in [-0.1, -0.05) is 0 Å². The molecule has 2 heterocycles.